The number of anilines is 1. The van der Waals surface area contributed by atoms with Crippen molar-refractivity contribution in [1.82, 2.24) is 35.4 Å². The molecule has 4 aromatic rings. The molecule has 0 radical (unpaired) electrons. The summed E-state index contributed by atoms with van der Waals surface area (Å²) in [6.45, 7) is 6.87. The van der Waals surface area contributed by atoms with E-state index in [1.54, 1.807) is 12.1 Å². The number of carbonyl (C=O) groups is 1. The lowest BCUT2D eigenvalue weighted by atomic mass is 9.89. The Morgan fingerprint density at radius 1 is 1.09 bits per heavy atom. The Morgan fingerprint density at radius 3 is 2.67 bits per heavy atom. The lowest BCUT2D eigenvalue weighted by Gasteiger charge is -2.39. The molecule has 3 aliphatic heterocycles. The Kier molecular flexibility index (Phi) is 8.24. The Morgan fingerprint density at radius 2 is 1.89 bits per heavy atom. The second kappa shape index (κ2) is 12.6. The Labute approximate surface area is 262 Å². The zero-order valence-corrected chi connectivity index (χ0v) is 25.8. The number of nitrogens with zero attached hydrogens (tertiary/aromatic N) is 6. The lowest BCUT2D eigenvalue weighted by molar-refractivity contribution is -0.143. The highest BCUT2D eigenvalue weighted by molar-refractivity contribution is 5.86. The summed E-state index contributed by atoms with van der Waals surface area (Å²) in [5, 5.41) is 23.7. The number of phenols is 1. The molecule has 2 saturated heterocycles. The summed E-state index contributed by atoms with van der Waals surface area (Å²) in [6.07, 6.45) is 7.05. The van der Waals surface area contributed by atoms with Crippen molar-refractivity contribution in [3.63, 3.8) is 0 Å². The first kappa shape index (κ1) is 29.4. The molecule has 12 heteroatoms. The van der Waals surface area contributed by atoms with Gasteiger partial charge in [0, 0.05) is 53.0 Å². The molecule has 12 nitrogen and oxygen atoms in total. The van der Waals surface area contributed by atoms with Gasteiger partial charge >= 0.3 is 5.97 Å². The van der Waals surface area contributed by atoms with Crippen LogP contribution in [0.2, 0.25) is 0 Å². The van der Waals surface area contributed by atoms with E-state index >= 15 is 0 Å². The number of carbonyl (C=O) groups excluding carboxylic acids is 1. The Balaban J connectivity index is 1.16. The van der Waals surface area contributed by atoms with E-state index in [9.17, 15) is 9.90 Å². The molecule has 0 amide bonds. The van der Waals surface area contributed by atoms with E-state index in [-0.39, 0.29) is 24.3 Å². The third-order valence-corrected chi connectivity index (χ3v) is 9.72. The third kappa shape index (κ3) is 5.80. The normalized spacial score (nSPS) is 19.9. The molecular formula is C33H40N8O4. The van der Waals surface area contributed by atoms with Gasteiger partial charge in [-0.3, -0.25) is 0 Å². The van der Waals surface area contributed by atoms with Crippen LogP contribution < -0.4 is 15.0 Å². The number of para-hydroxylation sites is 1. The van der Waals surface area contributed by atoms with Crippen LogP contribution in [0.5, 0.6) is 11.6 Å². The number of hydrogen-bond donors (Lipinski definition) is 3. The number of aromatic hydroxyl groups is 1. The van der Waals surface area contributed by atoms with Gasteiger partial charge in [0.2, 0.25) is 11.8 Å². The number of aromatic amines is 1. The van der Waals surface area contributed by atoms with Gasteiger partial charge in [-0.25, -0.2) is 9.78 Å². The number of methoxy groups -OCH3 is 1. The van der Waals surface area contributed by atoms with Crippen LogP contribution >= 0.6 is 0 Å². The predicted molar refractivity (Wildman–Crippen MR) is 169 cm³/mol. The zero-order chi connectivity index (χ0) is 30.9. The summed E-state index contributed by atoms with van der Waals surface area (Å²) in [4.78, 5) is 30.2. The lowest BCUT2D eigenvalue weighted by Crippen LogP contribution is -2.46. The van der Waals surface area contributed by atoms with Crippen molar-refractivity contribution in [2.75, 3.05) is 51.3 Å². The van der Waals surface area contributed by atoms with Crippen LogP contribution in [-0.2, 0) is 16.0 Å². The molecule has 7 rings (SSSR count). The number of H-pyrrole nitrogens is 1. The summed E-state index contributed by atoms with van der Waals surface area (Å²) >= 11 is 0. The molecule has 0 aliphatic carbocycles. The van der Waals surface area contributed by atoms with Gasteiger partial charge in [0.05, 0.1) is 18.8 Å². The average Bonchev–Trinajstić information content (AvgIpc) is 3.47. The standard InChI is InChI=1S/C33H40N8O4/c1-20-30-24-17-27(23-5-3-4-6-28(23)42)38-39-31(24)36-26(30)11-16-41(20)33-35-18-25(32(37-33)45-19-29(43)44-2)21-9-14-40(15-10-21)22-7-12-34-13-8-22/h3-6,17-18,20-22,34,42H,7-16,19H2,1-2H3,(H,36,39)/t20-/m1/s1. The van der Waals surface area contributed by atoms with Crippen LogP contribution in [0, 0.1) is 0 Å². The van der Waals surface area contributed by atoms with Crippen molar-refractivity contribution in [2.45, 2.75) is 57.0 Å². The number of piperidine rings is 2. The van der Waals surface area contributed by atoms with Gasteiger partial charge in [0.25, 0.3) is 0 Å². The number of benzene rings is 1. The smallest absolute Gasteiger partial charge is 0.343 e. The molecule has 3 aliphatic rings. The highest BCUT2D eigenvalue weighted by Crippen LogP contribution is 2.40. The van der Waals surface area contributed by atoms with E-state index in [4.69, 9.17) is 19.4 Å². The molecular weight excluding hydrogens is 572 g/mol. The fourth-order valence-electron chi connectivity index (χ4n) is 7.25. The molecule has 236 valence electrons. The largest absolute Gasteiger partial charge is 0.507 e. The molecule has 6 heterocycles. The molecule has 0 spiro atoms. The van der Waals surface area contributed by atoms with Crippen LogP contribution in [0.25, 0.3) is 22.3 Å². The van der Waals surface area contributed by atoms with E-state index in [2.05, 4.69) is 37.2 Å². The van der Waals surface area contributed by atoms with E-state index in [1.165, 1.54) is 20.0 Å². The Hall–Kier alpha value is -4.29. The van der Waals surface area contributed by atoms with E-state index < -0.39 is 5.97 Å². The van der Waals surface area contributed by atoms with Crippen molar-refractivity contribution >= 4 is 23.0 Å². The van der Waals surface area contributed by atoms with Crippen LogP contribution in [0.4, 0.5) is 5.95 Å². The molecule has 3 aromatic heterocycles. The average molecular weight is 613 g/mol. The molecule has 3 N–H and O–H groups in total. The summed E-state index contributed by atoms with van der Waals surface area (Å²) in [6, 6.07) is 9.71. The minimum Gasteiger partial charge on any atom is -0.507 e. The summed E-state index contributed by atoms with van der Waals surface area (Å²) < 4.78 is 10.9. The minimum atomic E-state index is -0.446. The summed E-state index contributed by atoms with van der Waals surface area (Å²) in [7, 11) is 1.36. The van der Waals surface area contributed by atoms with Crippen LogP contribution in [0.3, 0.4) is 0 Å². The molecule has 1 atom stereocenters. The van der Waals surface area contributed by atoms with Crippen LogP contribution in [0.15, 0.2) is 36.5 Å². The van der Waals surface area contributed by atoms with Gasteiger partial charge in [-0.1, -0.05) is 12.1 Å². The first-order valence-electron chi connectivity index (χ1n) is 15.9. The molecule has 0 bridgehead atoms. The number of likely N-dealkylation sites (tertiary alicyclic amines) is 1. The second-order valence-electron chi connectivity index (χ2n) is 12.2. The van der Waals surface area contributed by atoms with Gasteiger partial charge in [0.15, 0.2) is 12.3 Å². The maximum Gasteiger partial charge on any atom is 0.343 e. The first-order valence-corrected chi connectivity index (χ1v) is 15.9. The highest BCUT2D eigenvalue weighted by Gasteiger charge is 2.33. The monoisotopic (exact) mass is 612 g/mol. The van der Waals surface area contributed by atoms with Gasteiger partial charge in [0.1, 0.15) is 5.75 Å². The number of ether oxygens (including phenoxy) is 2. The quantitative estimate of drug-likeness (QED) is 0.263. The minimum absolute atomic E-state index is 0.0727. The van der Waals surface area contributed by atoms with E-state index in [0.717, 1.165) is 67.6 Å². The maximum absolute atomic E-state index is 12.1. The molecule has 0 unspecified atom stereocenters. The number of hydrogen-bond acceptors (Lipinski definition) is 11. The number of rotatable bonds is 7. The van der Waals surface area contributed by atoms with Crippen molar-refractivity contribution < 1.29 is 19.4 Å². The van der Waals surface area contributed by atoms with Gasteiger partial charge < -0.3 is 34.7 Å². The van der Waals surface area contributed by atoms with E-state index in [1.807, 2.05) is 24.4 Å². The second-order valence-corrected chi connectivity index (χ2v) is 12.2. The van der Waals surface area contributed by atoms with Gasteiger partial charge in [-0.05, 0) is 82.9 Å². The zero-order valence-electron chi connectivity index (χ0n) is 25.8. The topological polar surface area (TPSA) is 142 Å². The number of phenolic OH excluding ortho intramolecular Hbond substituents is 1. The van der Waals surface area contributed by atoms with Crippen molar-refractivity contribution in [3.8, 4) is 22.9 Å². The number of aromatic nitrogens is 5. The maximum atomic E-state index is 12.1. The Bertz CT molecular complexity index is 1680. The third-order valence-electron chi connectivity index (χ3n) is 9.72. The number of nitrogens with one attached hydrogen (secondary N) is 2. The van der Waals surface area contributed by atoms with Crippen molar-refractivity contribution in [1.29, 1.82) is 0 Å². The molecule has 0 saturated carbocycles. The van der Waals surface area contributed by atoms with Gasteiger partial charge in [-0.15, -0.1) is 10.2 Å². The molecule has 2 fully saturated rings. The SMILES string of the molecule is COC(=O)COc1nc(N2CCc3[nH]c4nnc(-c5ccccc5O)cc4c3[C@H]2C)ncc1C1CCN(C2CCNCC2)CC1. The summed E-state index contributed by atoms with van der Waals surface area (Å²) in [5.74, 6) is 0.986. The number of esters is 1. The first-order chi connectivity index (χ1) is 22.0. The van der Waals surface area contributed by atoms with Gasteiger partial charge in [-0.2, -0.15) is 4.98 Å². The molecule has 1 aromatic carbocycles. The van der Waals surface area contributed by atoms with Crippen LogP contribution in [-0.4, -0.2) is 93.6 Å². The number of fused-ring (bicyclic) bond motifs is 3. The molecule has 45 heavy (non-hydrogen) atoms. The summed E-state index contributed by atoms with van der Waals surface area (Å²) in [5.41, 5.74) is 5.12. The fourth-order valence-corrected chi connectivity index (χ4v) is 7.25. The van der Waals surface area contributed by atoms with Crippen molar-refractivity contribution in [3.05, 3.63) is 53.3 Å². The van der Waals surface area contributed by atoms with Crippen molar-refractivity contribution in [2.24, 2.45) is 0 Å². The predicted octanol–water partition coefficient (Wildman–Crippen LogP) is 3.73. The van der Waals surface area contributed by atoms with Crippen LogP contribution in [0.1, 0.15) is 61.4 Å². The van der Waals surface area contributed by atoms with E-state index in [0.29, 0.717) is 41.3 Å². The fraction of sp³-hybridized carbons (Fsp3) is 0.485. The highest BCUT2D eigenvalue weighted by atomic mass is 16.6.